The van der Waals surface area contributed by atoms with E-state index in [4.69, 9.17) is 17.0 Å². The van der Waals surface area contributed by atoms with Gasteiger partial charge in [-0.1, -0.05) is 0 Å². The number of ether oxygens (including phenoxy) is 1. The average molecular weight is 263 g/mol. The summed E-state index contributed by atoms with van der Waals surface area (Å²) in [7, 11) is 1.63. The molecule has 1 aromatic carbocycles. The summed E-state index contributed by atoms with van der Waals surface area (Å²) in [6.07, 6.45) is 0.471. The monoisotopic (exact) mass is 263 g/mol. The van der Waals surface area contributed by atoms with Crippen LogP contribution in [0.25, 0.3) is 11.0 Å². The number of fused-ring (bicyclic) bond motifs is 1. The number of carbonyl (C=O) groups is 1. The van der Waals surface area contributed by atoms with Crippen LogP contribution in [0.3, 0.4) is 0 Å². The van der Waals surface area contributed by atoms with E-state index < -0.39 is 0 Å². The third kappa shape index (κ3) is 1.69. The fraction of sp³-hybridized carbons (Fsp3) is 0.333. The average Bonchev–Trinajstić information content (AvgIpc) is 2.90. The quantitative estimate of drug-likeness (QED) is 0.812. The van der Waals surface area contributed by atoms with Gasteiger partial charge in [0.15, 0.2) is 4.77 Å². The van der Waals surface area contributed by atoms with Crippen LogP contribution in [0.5, 0.6) is 5.75 Å². The summed E-state index contributed by atoms with van der Waals surface area (Å²) in [4.78, 5) is 14.5. The Kier molecular flexibility index (Phi) is 2.59. The molecular formula is C12H13N3O2S. The van der Waals surface area contributed by atoms with Crippen molar-refractivity contribution in [2.75, 3.05) is 13.7 Å². The molecule has 18 heavy (non-hydrogen) atoms. The minimum Gasteiger partial charge on any atom is -0.497 e. The summed E-state index contributed by atoms with van der Waals surface area (Å²) in [5.41, 5.74) is 1.93. The van der Waals surface area contributed by atoms with Gasteiger partial charge >= 0.3 is 0 Å². The van der Waals surface area contributed by atoms with Crippen LogP contribution in [0.1, 0.15) is 12.5 Å². The molecule has 1 aliphatic heterocycles. The van der Waals surface area contributed by atoms with E-state index in [1.54, 1.807) is 7.11 Å². The number of nitrogens with zero attached hydrogens (tertiary/aromatic N) is 1. The molecule has 0 saturated carbocycles. The summed E-state index contributed by atoms with van der Waals surface area (Å²) in [5.74, 6) is 0.849. The first kappa shape index (κ1) is 11.3. The Labute approximate surface area is 109 Å². The minimum absolute atomic E-state index is 0.0687. The first-order chi connectivity index (χ1) is 8.69. The molecule has 6 heteroatoms. The molecule has 1 fully saturated rings. The van der Waals surface area contributed by atoms with Gasteiger partial charge in [0.1, 0.15) is 5.75 Å². The Bertz CT molecular complexity index is 674. The second-order valence-electron chi connectivity index (χ2n) is 4.35. The lowest BCUT2D eigenvalue weighted by atomic mass is 10.2. The van der Waals surface area contributed by atoms with E-state index in [1.807, 2.05) is 22.8 Å². The number of H-pyrrole nitrogens is 1. The number of rotatable bonds is 2. The van der Waals surface area contributed by atoms with Crippen molar-refractivity contribution >= 4 is 29.2 Å². The van der Waals surface area contributed by atoms with E-state index in [-0.39, 0.29) is 11.9 Å². The molecule has 1 unspecified atom stereocenters. The van der Waals surface area contributed by atoms with Crippen molar-refractivity contribution in [1.29, 1.82) is 0 Å². The number of hydrogen-bond acceptors (Lipinski definition) is 3. The number of aromatic nitrogens is 2. The van der Waals surface area contributed by atoms with E-state index in [9.17, 15) is 4.79 Å². The van der Waals surface area contributed by atoms with Gasteiger partial charge in [0.2, 0.25) is 5.91 Å². The number of methoxy groups -OCH3 is 1. The highest BCUT2D eigenvalue weighted by Crippen LogP contribution is 2.26. The summed E-state index contributed by atoms with van der Waals surface area (Å²) in [6.45, 7) is 0.622. The Morgan fingerprint density at radius 1 is 1.50 bits per heavy atom. The number of carbonyl (C=O) groups excluding carboxylic acids is 1. The van der Waals surface area contributed by atoms with Gasteiger partial charge in [0.05, 0.1) is 24.2 Å². The lowest BCUT2D eigenvalue weighted by molar-refractivity contribution is -0.119. The second kappa shape index (κ2) is 4.13. The maximum Gasteiger partial charge on any atom is 0.222 e. The molecule has 1 aliphatic rings. The number of benzene rings is 1. The molecule has 2 N–H and O–H groups in total. The highest BCUT2D eigenvalue weighted by atomic mass is 32.1. The molecule has 1 amide bonds. The van der Waals surface area contributed by atoms with Crippen LogP contribution in [-0.4, -0.2) is 29.1 Å². The van der Waals surface area contributed by atoms with Gasteiger partial charge < -0.3 is 19.6 Å². The molecule has 1 aromatic heterocycles. The third-order valence-electron chi connectivity index (χ3n) is 3.25. The topological polar surface area (TPSA) is 59.0 Å². The number of nitrogens with one attached hydrogen (secondary N) is 2. The smallest absolute Gasteiger partial charge is 0.222 e. The molecule has 1 atom stereocenters. The fourth-order valence-corrected chi connectivity index (χ4v) is 2.72. The number of amides is 1. The van der Waals surface area contributed by atoms with Crippen LogP contribution >= 0.6 is 12.2 Å². The third-order valence-corrected chi connectivity index (χ3v) is 3.54. The lowest BCUT2D eigenvalue weighted by Gasteiger charge is -2.11. The van der Waals surface area contributed by atoms with Gasteiger partial charge in [-0.15, -0.1) is 0 Å². The van der Waals surface area contributed by atoms with Gasteiger partial charge in [-0.05, 0) is 24.4 Å². The van der Waals surface area contributed by atoms with E-state index in [2.05, 4.69) is 10.3 Å². The van der Waals surface area contributed by atoms with Gasteiger partial charge in [-0.25, -0.2) is 0 Å². The molecule has 0 spiro atoms. The zero-order valence-corrected chi connectivity index (χ0v) is 10.7. The van der Waals surface area contributed by atoms with E-state index in [1.165, 1.54) is 0 Å². The predicted molar refractivity (Wildman–Crippen MR) is 70.3 cm³/mol. The number of aromatic amines is 1. The van der Waals surface area contributed by atoms with E-state index in [0.717, 1.165) is 16.8 Å². The summed E-state index contributed by atoms with van der Waals surface area (Å²) >= 11 is 5.34. The molecule has 2 heterocycles. The first-order valence-corrected chi connectivity index (χ1v) is 6.15. The molecule has 0 bridgehead atoms. The molecule has 3 rings (SSSR count). The van der Waals surface area contributed by atoms with Crippen molar-refractivity contribution in [2.24, 2.45) is 0 Å². The Balaban J connectivity index is 2.17. The second-order valence-corrected chi connectivity index (χ2v) is 4.73. The van der Waals surface area contributed by atoms with E-state index in [0.29, 0.717) is 17.7 Å². The van der Waals surface area contributed by atoms with Gasteiger partial charge in [0.25, 0.3) is 0 Å². The van der Waals surface area contributed by atoms with Crippen LogP contribution in [0, 0.1) is 4.77 Å². The van der Waals surface area contributed by atoms with Crippen LogP contribution in [-0.2, 0) is 4.79 Å². The largest absolute Gasteiger partial charge is 0.497 e. The highest BCUT2D eigenvalue weighted by Gasteiger charge is 2.25. The van der Waals surface area contributed by atoms with Crippen molar-refractivity contribution in [2.45, 2.75) is 12.5 Å². The number of hydrogen-bond donors (Lipinski definition) is 2. The normalized spacial score (nSPS) is 19.2. The van der Waals surface area contributed by atoms with Crippen molar-refractivity contribution in [1.82, 2.24) is 14.9 Å². The zero-order valence-electron chi connectivity index (χ0n) is 9.90. The fourth-order valence-electron chi connectivity index (χ4n) is 2.36. The van der Waals surface area contributed by atoms with Crippen LogP contribution in [0.15, 0.2) is 18.2 Å². The Hall–Kier alpha value is -1.82. The predicted octanol–water partition coefficient (Wildman–Crippen LogP) is 1.77. The maximum atomic E-state index is 11.3. The van der Waals surface area contributed by atoms with Gasteiger partial charge in [0, 0.05) is 19.0 Å². The summed E-state index contributed by atoms with van der Waals surface area (Å²) in [6, 6.07) is 5.83. The lowest BCUT2D eigenvalue weighted by Crippen LogP contribution is -2.15. The molecule has 1 saturated heterocycles. The van der Waals surface area contributed by atoms with E-state index >= 15 is 0 Å². The van der Waals surface area contributed by atoms with Crippen LogP contribution in [0.4, 0.5) is 0 Å². The highest BCUT2D eigenvalue weighted by molar-refractivity contribution is 7.71. The van der Waals surface area contributed by atoms with Crippen molar-refractivity contribution in [3.8, 4) is 5.75 Å². The summed E-state index contributed by atoms with van der Waals surface area (Å²) < 4.78 is 7.86. The zero-order chi connectivity index (χ0) is 12.7. The Morgan fingerprint density at radius 3 is 3.00 bits per heavy atom. The van der Waals surface area contributed by atoms with Crippen LogP contribution in [0.2, 0.25) is 0 Å². The Morgan fingerprint density at radius 2 is 2.33 bits per heavy atom. The summed E-state index contributed by atoms with van der Waals surface area (Å²) in [5, 5.41) is 2.83. The maximum absolute atomic E-state index is 11.3. The standard InChI is InChI=1S/C12H13N3O2S/c1-17-8-2-3-9-10(5-8)15(12(18)14-9)7-4-11(16)13-6-7/h2-3,5,7H,4,6H2,1H3,(H,13,16)(H,14,18). The van der Waals surface area contributed by atoms with Crippen molar-refractivity contribution < 1.29 is 9.53 Å². The SMILES string of the molecule is COc1ccc2[nH]c(=S)n(C3CNC(=O)C3)c2c1. The number of imidazole rings is 1. The minimum atomic E-state index is 0.0687. The van der Waals surface area contributed by atoms with Crippen molar-refractivity contribution in [3.63, 3.8) is 0 Å². The molecule has 94 valence electrons. The molecule has 0 aliphatic carbocycles. The van der Waals surface area contributed by atoms with Gasteiger partial charge in [-0.3, -0.25) is 4.79 Å². The van der Waals surface area contributed by atoms with Crippen LogP contribution < -0.4 is 10.1 Å². The first-order valence-electron chi connectivity index (χ1n) is 5.74. The molecule has 2 aromatic rings. The molecule has 0 radical (unpaired) electrons. The van der Waals surface area contributed by atoms with Gasteiger partial charge in [-0.2, -0.15) is 0 Å². The van der Waals surface area contributed by atoms with Crippen molar-refractivity contribution in [3.05, 3.63) is 23.0 Å². The molecular weight excluding hydrogens is 250 g/mol. The molecule has 5 nitrogen and oxygen atoms in total.